The van der Waals surface area contributed by atoms with Gasteiger partial charge in [0.25, 0.3) is 20.4 Å². The zero-order valence-electron chi connectivity index (χ0n) is 8.27. The fourth-order valence-electron chi connectivity index (χ4n) is 0.990. The molecule has 0 aromatic heterocycles. The zero-order valence-corrected chi connectivity index (χ0v) is 12.9. The van der Waals surface area contributed by atoms with Gasteiger partial charge in [0.1, 0.15) is 22.0 Å². The summed E-state index contributed by atoms with van der Waals surface area (Å²) in [6, 6.07) is 0. The molecule has 1 saturated heterocycles. The van der Waals surface area contributed by atoms with Crippen LogP contribution in [-0.4, -0.2) is 38.8 Å². The zero-order chi connectivity index (χ0) is 14.1. The normalized spacial score (nSPS) is 32.1. The second kappa shape index (κ2) is 6.12. The molecule has 0 aliphatic carbocycles. The third-order valence-electron chi connectivity index (χ3n) is 1.63. The Labute approximate surface area is 124 Å². The van der Waals surface area contributed by atoms with E-state index in [1.807, 2.05) is 18.9 Å². The summed E-state index contributed by atoms with van der Waals surface area (Å²) in [5.41, 5.74) is 0. The van der Waals surface area contributed by atoms with E-state index in [9.17, 15) is 16.8 Å². The lowest BCUT2D eigenvalue weighted by Gasteiger charge is -2.29. The maximum Gasteiger partial charge on any atom is 0.279 e. The van der Waals surface area contributed by atoms with Crippen LogP contribution < -0.4 is 18.9 Å². The minimum absolute atomic E-state index is 1.35. The molecule has 0 spiro atoms. The molecule has 0 saturated carbocycles. The predicted molar refractivity (Wildman–Crippen MR) is 68.9 cm³/mol. The number of rotatable bonds is 2. The smallest absolute Gasteiger partial charge is 0.195 e. The Morgan fingerprint density at radius 3 is 1.06 bits per heavy atom. The van der Waals surface area contributed by atoms with Crippen LogP contribution in [0.5, 0.6) is 0 Å². The van der Waals surface area contributed by atoms with E-state index in [1.54, 1.807) is 0 Å². The van der Waals surface area contributed by atoms with Crippen LogP contribution in [0.1, 0.15) is 0 Å². The molecule has 1 heterocycles. The van der Waals surface area contributed by atoms with Crippen LogP contribution in [0.25, 0.3) is 0 Å². The lowest BCUT2D eigenvalue weighted by Crippen LogP contribution is -2.65. The lowest BCUT2D eigenvalue weighted by molar-refractivity contribution is 0.473. The molecule has 8 nitrogen and oxygen atoms in total. The molecule has 1 aliphatic rings. The van der Waals surface area contributed by atoms with Crippen LogP contribution in [0.2, 0.25) is 0 Å². The van der Waals surface area contributed by atoms with E-state index < -0.39 is 42.4 Å². The van der Waals surface area contributed by atoms with Crippen LogP contribution in [0.15, 0.2) is 0 Å². The Hall–Kier alpha value is 0.900. The maximum atomic E-state index is 11.5. The van der Waals surface area contributed by atoms with E-state index in [0.29, 0.717) is 0 Å². The molecule has 1 rings (SSSR count). The van der Waals surface area contributed by atoms with Gasteiger partial charge < -0.3 is 0 Å². The molecule has 108 valence electrons. The second-order valence-electron chi connectivity index (χ2n) is 3.10. The summed E-state index contributed by atoms with van der Waals surface area (Å²) in [5.74, 6) is 0. The van der Waals surface area contributed by atoms with Gasteiger partial charge >= 0.3 is 0 Å². The van der Waals surface area contributed by atoms with Gasteiger partial charge in [0.05, 0.1) is 0 Å². The Balaban J connectivity index is 3.06. The monoisotopic (exact) mass is 380 g/mol. The van der Waals surface area contributed by atoms with E-state index in [2.05, 4.69) is 0 Å². The number of halogens is 4. The van der Waals surface area contributed by atoms with Crippen LogP contribution in [0.3, 0.4) is 0 Å². The fourth-order valence-corrected chi connectivity index (χ4v) is 4.49. The van der Waals surface area contributed by atoms with Crippen LogP contribution >= 0.6 is 46.4 Å². The molecule has 0 bridgehead atoms. The molecule has 0 amide bonds. The average molecular weight is 382 g/mol. The fraction of sp³-hybridized carbons (Fsp3) is 1.00. The molecule has 1 aliphatic heterocycles. The van der Waals surface area contributed by atoms with E-state index in [-0.39, 0.29) is 0 Å². The topological polar surface area (TPSA) is 116 Å². The first-order chi connectivity index (χ1) is 8.02. The molecule has 14 heteroatoms. The maximum absolute atomic E-state index is 11.5. The van der Waals surface area contributed by atoms with E-state index in [0.717, 1.165) is 0 Å². The van der Waals surface area contributed by atoms with E-state index >= 15 is 0 Å². The Kier molecular flexibility index (Phi) is 5.77. The highest BCUT2D eigenvalue weighted by atomic mass is 35.5. The van der Waals surface area contributed by atoms with Crippen molar-refractivity contribution < 1.29 is 16.8 Å². The summed E-state index contributed by atoms with van der Waals surface area (Å²) in [6.07, 6.45) is -2.90. The number of alkyl halides is 4. The van der Waals surface area contributed by atoms with Crippen molar-refractivity contribution in [2.45, 2.75) is 22.0 Å². The molecule has 18 heavy (non-hydrogen) atoms. The van der Waals surface area contributed by atoms with Crippen LogP contribution in [-0.2, 0) is 20.4 Å². The van der Waals surface area contributed by atoms with Crippen molar-refractivity contribution in [1.82, 2.24) is 18.9 Å². The van der Waals surface area contributed by atoms with Gasteiger partial charge in [-0.05, 0) is 0 Å². The van der Waals surface area contributed by atoms with Gasteiger partial charge in [-0.15, -0.1) is 46.4 Å². The third kappa shape index (κ3) is 5.12. The van der Waals surface area contributed by atoms with Gasteiger partial charge in [-0.2, -0.15) is 35.7 Å². The van der Waals surface area contributed by atoms with Gasteiger partial charge in [-0.1, -0.05) is 0 Å². The SMILES string of the molecule is O=S1(=O)NC(C(Cl)Cl)NS(=O)(=O)NC(C(Cl)Cl)N1. The largest absolute Gasteiger partial charge is 0.279 e. The van der Waals surface area contributed by atoms with Crippen molar-refractivity contribution >= 4 is 66.8 Å². The number of nitrogens with one attached hydrogen (secondary N) is 4. The highest BCUT2D eigenvalue weighted by molar-refractivity contribution is 7.89. The molecule has 0 atom stereocenters. The van der Waals surface area contributed by atoms with Crippen molar-refractivity contribution in [3.8, 4) is 0 Å². The van der Waals surface area contributed by atoms with Gasteiger partial charge in [0.2, 0.25) is 0 Å². The summed E-state index contributed by atoms with van der Waals surface area (Å²) >= 11 is 21.8. The molecule has 0 unspecified atom stereocenters. The first-order valence-electron chi connectivity index (χ1n) is 4.18. The lowest BCUT2D eigenvalue weighted by atomic mass is 10.6. The van der Waals surface area contributed by atoms with Crippen molar-refractivity contribution in [3.05, 3.63) is 0 Å². The van der Waals surface area contributed by atoms with Crippen LogP contribution in [0.4, 0.5) is 0 Å². The first kappa shape index (κ1) is 17.0. The van der Waals surface area contributed by atoms with E-state index in [1.165, 1.54) is 0 Å². The molecule has 0 radical (unpaired) electrons. The summed E-state index contributed by atoms with van der Waals surface area (Å²) < 4.78 is 53.7. The van der Waals surface area contributed by atoms with Gasteiger partial charge in [0, 0.05) is 0 Å². The summed E-state index contributed by atoms with van der Waals surface area (Å²) in [5, 5.41) is 0. The summed E-state index contributed by atoms with van der Waals surface area (Å²) in [4.78, 5) is -2.70. The minimum Gasteiger partial charge on any atom is -0.195 e. The Bertz CT molecular complexity index is 423. The van der Waals surface area contributed by atoms with Gasteiger partial charge in [0.15, 0.2) is 0 Å². The number of hydrogen-bond acceptors (Lipinski definition) is 4. The van der Waals surface area contributed by atoms with Crippen molar-refractivity contribution in [2.75, 3.05) is 0 Å². The average Bonchev–Trinajstić information content (AvgIpc) is 2.11. The first-order valence-corrected chi connectivity index (χ1v) is 8.89. The molecule has 0 aromatic carbocycles. The highest BCUT2D eigenvalue weighted by Gasteiger charge is 2.35. The summed E-state index contributed by atoms with van der Waals surface area (Å²) in [7, 11) is -8.22. The van der Waals surface area contributed by atoms with E-state index in [4.69, 9.17) is 46.4 Å². The molecular weight excluding hydrogens is 374 g/mol. The van der Waals surface area contributed by atoms with Crippen molar-refractivity contribution in [2.24, 2.45) is 0 Å². The van der Waals surface area contributed by atoms with Crippen molar-refractivity contribution in [1.29, 1.82) is 0 Å². The standard InChI is InChI=1S/C4H8Cl4N4O4S2/c5-1(6)3-9-17(13,14)11-4(2(7)8)12-18(15,16)10-3/h1-4,9-12H. The van der Waals surface area contributed by atoms with Crippen molar-refractivity contribution in [3.63, 3.8) is 0 Å². The molecule has 4 N–H and O–H groups in total. The Morgan fingerprint density at radius 1 is 0.667 bits per heavy atom. The predicted octanol–water partition coefficient (Wildman–Crippen LogP) is -0.892. The van der Waals surface area contributed by atoms with Gasteiger partial charge in [-0.3, -0.25) is 0 Å². The highest BCUT2D eigenvalue weighted by Crippen LogP contribution is 2.12. The quantitative estimate of drug-likeness (QED) is 0.464. The molecular formula is C4H8Cl4N4O4S2. The van der Waals surface area contributed by atoms with Gasteiger partial charge in [-0.25, -0.2) is 0 Å². The second-order valence-corrected chi connectivity index (χ2v) is 8.39. The summed E-state index contributed by atoms with van der Waals surface area (Å²) in [6.45, 7) is 0. The number of hydrogen-bond donors (Lipinski definition) is 4. The molecule has 1 fully saturated rings. The Morgan fingerprint density at radius 2 is 0.889 bits per heavy atom. The minimum atomic E-state index is -4.11. The van der Waals surface area contributed by atoms with Crippen LogP contribution in [0, 0.1) is 0 Å². The molecule has 0 aromatic rings. The third-order valence-corrected chi connectivity index (χ3v) is 4.90.